The topological polar surface area (TPSA) is 35.3 Å². The standard InChI is InChI=1S/C14H16ClNO2/c1-8-9(2)13(17-4)6-5-11(8)14-16-12(7-15)10(3)18-14/h5-6H,7H2,1-4H3. The molecule has 0 amide bonds. The van der Waals surface area contributed by atoms with Gasteiger partial charge in [-0.25, -0.2) is 4.98 Å². The maximum atomic E-state index is 5.81. The lowest BCUT2D eigenvalue weighted by molar-refractivity contribution is 0.411. The molecule has 0 saturated carbocycles. The van der Waals surface area contributed by atoms with Crippen molar-refractivity contribution in [3.05, 3.63) is 34.7 Å². The van der Waals surface area contributed by atoms with Gasteiger partial charge >= 0.3 is 0 Å². The summed E-state index contributed by atoms with van der Waals surface area (Å²) in [6.45, 7) is 5.93. The van der Waals surface area contributed by atoms with Crippen LogP contribution in [0.4, 0.5) is 0 Å². The predicted molar refractivity (Wildman–Crippen MR) is 72.3 cm³/mol. The van der Waals surface area contributed by atoms with Crippen molar-refractivity contribution in [3.8, 4) is 17.2 Å². The van der Waals surface area contributed by atoms with Gasteiger partial charge in [0.25, 0.3) is 0 Å². The quantitative estimate of drug-likeness (QED) is 0.787. The average molecular weight is 266 g/mol. The van der Waals surface area contributed by atoms with Crippen molar-refractivity contribution in [1.29, 1.82) is 0 Å². The van der Waals surface area contributed by atoms with Gasteiger partial charge in [0.1, 0.15) is 11.5 Å². The van der Waals surface area contributed by atoms with Gasteiger partial charge < -0.3 is 9.15 Å². The number of benzene rings is 1. The van der Waals surface area contributed by atoms with Crippen LogP contribution in [-0.2, 0) is 5.88 Å². The Balaban J connectivity index is 2.54. The summed E-state index contributed by atoms with van der Waals surface area (Å²) < 4.78 is 11.0. The van der Waals surface area contributed by atoms with Gasteiger partial charge in [0.05, 0.1) is 18.7 Å². The van der Waals surface area contributed by atoms with E-state index in [1.165, 1.54) is 0 Å². The molecule has 2 rings (SSSR count). The minimum Gasteiger partial charge on any atom is -0.496 e. The number of halogens is 1. The van der Waals surface area contributed by atoms with E-state index in [4.69, 9.17) is 20.8 Å². The number of hydrogen-bond donors (Lipinski definition) is 0. The Morgan fingerprint density at radius 3 is 2.50 bits per heavy atom. The van der Waals surface area contributed by atoms with Crippen molar-refractivity contribution in [1.82, 2.24) is 4.98 Å². The van der Waals surface area contributed by atoms with E-state index in [0.29, 0.717) is 11.8 Å². The SMILES string of the molecule is COc1ccc(-c2nc(CCl)c(C)o2)c(C)c1C. The van der Waals surface area contributed by atoms with Crippen LogP contribution in [0.1, 0.15) is 22.6 Å². The molecule has 0 unspecified atom stereocenters. The molecule has 3 nitrogen and oxygen atoms in total. The number of aromatic nitrogens is 1. The molecule has 0 saturated heterocycles. The Labute approximate surface area is 112 Å². The first kappa shape index (κ1) is 13.0. The van der Waals surface area contributed by atoms with E-state index in [0.717, 1.165) is 33.9 Å². The number of oxazole rings is 1. The Bertz CT molecular complexity index is 575. The highest BCUT2D eigenvalue weighted by atomic mass is 35.5. The number of rotatable bonds is 3. The number of hydrogen-bond acceptors (Lipinski definition) is 3. The normalized spacial score (nSPS) is 10.7. The highest BCUT2D eigenvalue weighted by Crippen LogP contribution is 2.31. The second-order valence-electron chi connectivity index (χ2n) is 4.22. The van der Waals surface area contributed by atoms with Crippen LogP contribution >= 0.6 is 11.6 Å². The van der Waals surface area contributed by atoms with Gasteiger partial charge in [-0.15, -0.1) is 11.6 Å². The molecule has 96 valence electrons. The molecule has 0 spiro atoms. The van der Waals surface area contributed by atoms with Gasteiger partial charge in [0.2, 0.25) is 5.89 Å². The number of ether oxygens (including phenoxy) is 1. The van der Waals surface area contributed by atoms with Crippen LogP contribution in [0.15, 0.2) is 16.5 Å². The molecule has 1 aromatic heterocycles. The van der Waals surface area contributed by atoms with Crippen LogP contribution in [0.2, 0.25) is 0 Å². The molecule has 4 heteroatoms. The Kier molecular flexibility index (Phi) is 3.62. The van der Waals surface area contributed by atoms with Crippen LogP contribution < -0.4 is 4.74 Å². The third-order valence-electron chi connectivity index (χ3n) is 3.21. The molecule has 0 radical (unpaired) electrons. The van der Waals surface area contributed by atoms with E-state index in [1.54, 1.807) is 7.11 Å². The first-order chi connectivity index (χ1) is 8.58. The molecule has 0 aliphatic rings. The summed E-state index contributed by atoms with van der Waals surface area (Å²) in [4.78, 5) is 4.42. The first-order valence-corrected chi connectivity index (χ1v) is 6.28. The summed E-state index contributed by atoms with van der Waals surface area (Å²) in [5, 5.41) is 0. The molecule has 0 aliphatic heterocycles. The fraction of sp³-hybridized carbons (Fsp3) is 0.357. The van der Waals surface area contributed by atoms with E-state index < -0.39 is 0 Å². The second kappa shape index (κ2) is 5.02. The minimum absolute atomic E-state index is 0.365. The Morgan fingerprint density at radius 2 is 1.94 bits per heavy atom. The fourth-order valence-electron chi connectivity index (χ4n) is 1.92. The maximum Gasteiger partial charge on any atom is 0.226 e. The van der Waals surface area contributed by atoms with Crippen LogP contribution in [0, 0.1) is 20.8 Å². The summed E-state index contributed by atoms with van der Waals surface area (Å²) in [5.41, 5.74) is 3.97. The zero-order valence-corrected chi connectivity index (χ0v) is 11.8. The lowest BCUT2D eigenvalue weighted by atomic mass is 10.0. The minimum atomic E-state index is 0.365. The van der Waals surface area contributed by atoms with Gasteiger partial charge in [-0.3, -0.25) is 0 Å². The van der Waals surface area contributed by atoms with Crippen LogP contribution in [-0.4, -0.2) is 12.1 Å². The number of methoxy groups -OCH3 is 1. The van der Waals surface area contributed by atoms with Gasteiger partial charge in [0.15, 0.2) is 0 Å². The molecule has 0 bridgehead atoms. The molecule has 0 fully saturated rings. The summed E-state index contributed by atoms with van der Waals surface area (Å²) in [7, 11) is 1.67. The third-order valence-corrected chi connectivity index (χ3v) is 3.46. The van der Waals surface area contributed by atoms with E-state index in [1.807, 2.05) is 32.9 Å². The van der Waals surface area contributed by atoms with Crippen molar-refractivity contribution >= 4 is 11.6 Å². The first-order valence-electron chi connectivity index (χ1n) is 5.75. The van der Waals surface area contributed by atoms with Gasteiger partial charge in [-0.2, -0.15) is 0 Å². The molecule has 0 N–H and O–H groups in total. The van der Waals surface area contributed by atoms with Crippen molar-refractivity contribution < 1.29 is 9.15 Å². The lowest BCUT2D eigenvalue weighted by Crippen LogP contribution is -1.93. The van der Waals surface area contributed by atoms with Gasteiger partial charge in [-0.1, -0.05) is 0 Å². The third kappa shape index (κ3) is 2.10. The van der Waals surface area contributed by atoms with E-state index in [-0.39, 0.29) is 0 Å². The molecule has 18 heavy (non-hydrogen) atoms. The smallest absolute Gasteiger partial charge is 0.226 e. The second-order valence-corrected chi connectivity index (χ2v) is 4.49. The van der Waals surface area contributed by atoms with Crippen molar-refractivity contribution in [2.24, 2.45) is 0 Å². The number of nitrogens with zero attached hydrogens (tertiary/aromatic N) is 1. The van der Waals surface area contributed by atoms with Gasteiger partial charge in [-0.05, 0) is 44.0 Å². The van der Waals surface area contributed by atoms with Crippen molar-refractivity contribution in [3.63, 3.8) is 0 Å². The van der Waals surface area contributed by atoms with Crippen LogP contribution in [0.3, 0.4) is 0 Å². The predicted octanol–water partition coefficient (Wildman–Crippen LogP) is 4.01. The summed E-state index contributed by atoms with van der Waals surface area (Å²) in [6.07, 6.45) is 0. The lowest BCUT2D eigenvalue weighted by Gasteiger charge is -2.10. The molecule has 0 atom stereocenters. The highest BCUT2D eigenvalue weighted by Gasteiger charge is 2.15. The molecule has 2 aromatic rings. The molecule has 0 aliphatic carbocycles. The zero-order valence-electron chi connectivity index (χ0n) is 11.0. The fourth-order valence-corrected chi connectivity index (χ4v) is 2.16. The highest BCUT2D eigenvalue weighted by molar-refractivity contribution is 6.17. The summed E-state index contributed by atoms with van der Waals surface area (Å²) in [6, 6.07) is 3.89. The van der Waals surface area contributed by atoms with E-state index in [2.05, 4.69) is 4.98 Å². The molecular formula is C14H16ClNO2. The average Bonchev–Trinajstić information content (AvgIpc) is 2.73. The molecular weight excluding hydrogens is 250 g/mol. The van der Waals surface area contributed by atoms with Crippen molar-refractivity contribution in [2.45, 2.75) is 26.7 Å². The summed E-state index contributed by atoms with van der Waals surface area (Å²) in [5.74, 6) is 2.63. The van der Waals surface area contributed by atoms with Gasteiger partial charge in [0, 0.05) is 5.56 Å². The molecule has 1 aromatic carbocycles. The van der Waals surface area contributed by atoms with Crippen LogP contribution in [0.25, 0.3) is 11.5 Å². The number of alkyl halides is 1. The Hall–Kier alpha value is -1.48. The molecule has 1 heterocycles. The summed E-state index contributed by atoms with van der Waals surface area (Å²) >= 11 is 5.81. The van der Waals surface area contributed by atoms with E-state index >= 15 is 0 Å². The largest absolute Gasteiger partial charge is 0.496 e. The van der Waals surface area contributed by atoms with E-state index in [9.17, 15) is 0 Å². The van der Waals surface area contributed by atoms with Crippen LogP contribution in [0.5, 0.6) is 5.75 Å². The number of aryl methyl sites for hydroxylation is 1. The Morgan fingerprint density at radius 1 is 1.22 bits per heavy atom. The monoisotopic (exact) mass is 265 g/mol. The maximum absolute atomic E-state index is 5.81. The zero-order chi connectivity index (χ0) is 13.3. The van der Waals surface area contributed by atoms with Crippen molar-refractivity contribution in [2.75, 3.05) is 7.11 Å².